The van der Waals surface area contributed by atoms with Crippen LogP contribution >= 0.6 is 0 Å². The highest BCUT2D eigenvalue weighted by molar-refractivity contribution is 7.91. The van der Waals surface area contributed by atoms with Crippen molar-refractivity contribution in [3.8, 4) is 0 Å². The summed E-state index contributed by atoms with van der Waals surface area (Å²) in [7, 11) is -1.78. The fourth-order valence-corrected chi connectivity index (χ4v) is 4.41. The summed E-state index contributed by atoms with van der Waals surface area (Å²) in [6.07, 6.45) is 1.93. The summed E-state index contributed by atoms with van der Waals surface area (Å²) < 4.78 is 25.3. The van der Waals surface area contributed by atoms with E-state index in [4.69, 9.17) is 0 Å². The van der Waals surface area contributed by atoms with E-state index in [9.17, 15) is 18.0 Å². The SMILES string of the molecule is Cn1c(=O)[nH]c(=O)c2[nH]c(C3CCCCS3(=O)=O)nc21. The highest BCUT2D eigenvalue weighted by atomic mass is 32.2. The number of imidazole rings is 1. The maximum Gasteiger partial charge on any atom is 0.329 e. The Balaban J connectivity index is 2.24. The molecule has 0 spiro atoms. The molecule has 1 saturated heterocycles. The van der Waals surface area contributed by atoms with Crippen molar-refractivity contribution < 1.29 is 8.42 Å². The molecule has 1 atom stereocenters. The van der Waals surface area contributed by atoms with Gasteiger partial charge in [-0.25, -0.2) is 18.2 Å². The Kier molecular flexibility index (Phi) is 2.82. The minimum atomic E-state index is -3.25. The van der Waals surface area contributed by atoms with Crippen LogP contribution in [0.25, 0.3) is 11.2 Å². The summed E-state index contributed by atoms with van der Waals surface area (Å²) in [5.74, 6) is 0.371. The normalized spacial score (nSPS) is 22.1. The van der Waals surface area contributed by atoms with Crippen LogP contribution in [0.1, 0.15) is 30.3 Å². The van der Waals surface area contributed by atoms with Crippen LogP contribution in [0.15, 0.2) is 9.59 Å². The fourth-order valence-electron chi connectivity index (χ4n) is 2.54. The molecule has 2 aromatic rings. The minimum absolute atomic E-state index is 0.128. The van der Waals surface area contributed by atoms with E-state index in [0.717, 1.165) is 6.42 Å². The molecule has 1 unspecified atom stereocenters. The Hall–Kier alpha value is -1.90. The summed E-state index contributed by atoms with van der Waals surface area (Å²) in [5.41, 5.74) is -0.862. The standard InChI is InChI=1S/C11H14N4O4S/c1-15-9-7(10(16)14-11(15)17)12-8(13-9)6-4-2-3-5-20(6,18)19/h6H,2-5H2,1H3,(H,12,13)(H,14,16,17). The summed E-state index contributed by atoms with van der Waals surface area (Å²) >= 11 is 0. The molecule has 0 amide bonds. The van der Waals surface area contributed by atoms with Crippen molar-refractivity contribution in [2.75, 3.05) is 5.75 Å². The quantitative estimate of drug-likeness (QED) is 0.742. The molecule has 3 rings (SSSR count). The molecule has 1 fully saturated rings. The molecule has 0 saturated carbocycles. The number of aromatic nitrogens is 4. The molecule has 108 valence electrons. The maximum absolute atomic E-state index is 12.1. The summed E-state index contributed by atoms with van der Waals surface area (Å²) in [4.78, 5) is 32.3. The zero-order valence-electron chi connectivity index (χ0n) is 10.8. The number of H-pyrrole nitrogens is 2. The Morgan fingerprint density at radius 3 is 2.70 bits per heavy atom. The Morgan fingerprint density at radius 2 is 2.00 bits per heavy atom. The van der Waals surface area contributed by atoms with Crippen molar-refractivity contribution in [2.45, 2.75) is 24.5 Å². The first-order chi connectivity index (χ1) is 9.40. The summed E-state index contributed by atoms with van der Waals surface area (Å²) in [6, 6.07) is 0. The lowest BCUT2D eigenvalue weighted by Crippen LogP contribution is -2.28. The molecule has 0 aliphatic carbocycles. The van der Waals surface area contributed by atoms with E-state index in [1.807, 2.05) is 0 Å². The van der Waals surface area contributed by atoms with Gasteiger partial charge in [0.2, 0.25) is 0 Å². The summed E-state index contributed by atoms with van der Waals surface area (Å²) in [6.45, 7) is 0. The topological polar surface area (TPSA) is 118 Å². The molecule has 1 aliphatic rings. The van der Waals surface area contributed by atoms with Gasteiger partial charge in [0.05, 0.1) is 5.75 Å². The Labute approximate surface area is 113 Å². The van der Waals surface area contributed by atoms with Crippen molar-refractivity contribution in [1.82, 2.24) is 19.5 Å². The van der Waals surface area contributed by atoms with Crippen molar-refractivity contribution in [1.29, 1.82) is 0 Å². The van der Waals surface area contributed by atoms with Gasteiger partial charge in [-0.1, -0.05) is 6.42 Å². The zero-order valence-corrected chi connectivity index (χ0v) is 11.7. The Morgan fingerprint density at radius 1 is 1.25 bits per heavy atom. The molecule has 3 heterocycles. The summed E-state index contributed by atoms with van der Waals surface area (Å²) in [5, 5.41) is -0.724. The molecular formula is C11H14N4O4S. The number of hydrogen-bond acceptors (Lipinski definition) is 5. The van der Waals surface area contributed by atoms with Crippen molar-refractivity contribution in [2.24, 2.45) is 7.05 Å². The van der Waals surface area contributed by atoms with Gasteiger partial charge >= 0.3 is 5.69 Å². The molecule has 2 N–H and O–H groups in total. The lowest BCUT2D eigenvalue weighted by atomic mass is 10.2. The predicted octanol–water partition coefficient (Wildman–Crippen LogP) is -0.410. The van der Waals surface area contributed by atoms with E-state index in [1.54, 1.807) is 0 Å². The van der Waals surface area contributed by atoms with E-state index in [0.29, 0.717) is 12.8 Å². The van der Waals surface area contributed by atoms with Crippen LogP contribution in [0.4, 0.5) is 0 Å². The second-order valence-corrected chi connectivity index (χ2v) is 7.29. The average Bonchev–Trinajstić information content (AvgIpc) is 2.81. The van der Waals surface area contributed by atoms with Crippen molar-refractivity contribution in [3.63, 3.8) is 0 Å². The van der Waals surface area contributed by atoms with Gasteiger partial charge in [0, 0.05) is 7.05 Å². The number of sulfone groups is 1. The third-order valence-electron chi connectivity index (χ3n) is 3.66. The van der Waals surface area contributed by atoms with E-state index in [2.05, 4.69) is 15.0 Å². The molecule has 0 radical (unpaired) electrons. The van der Waals surface area contributed by atoms with Gasteiger partial charge in [-0.15, -0.1) is 0 Å². The van der Waals surface area contributed by atoms with Crippen LogP contribution in [-0.4, -0.2) is 33.7 Å². The molecule has 9 heteroatoms. The van der Waals surface area contributed by atoms with E-state index >= 15 is 0 Å². The van der Waals surface area contributed by atoms with Gasteiger partial charge < -0.3 is 4.98 Å². The largest absolute Gasteiger partial charge is 0.335 e. The number of nitrogens with one attached hydrogen (secondary N) is 2. The lowest BCUT2D eigenvalue weighted by molar-refractivity contribution is 0.540. The number of fused-ring (bicyclic) bond motifs is 1. The fraction of sp³-hybridized carbons (Fsp3) is 0.545. The molecule has 2 aromatic heterocycles. The van der Waals surface area contributed by atoms with E-state index in [1.165, 1.54) is 11.6 Å². The lowest BCUT2D eigenvalue weighted by Gasteiger charge is -2.19. The van der Waals surface area contributed by atoms with Crippen LogP contribution in [0.5, 0.6) is 0 Å². The van der Waals surface area contributed by atoms with Crippen molar-refractivity contribution in [3.05, 3.63) is 26.7 Å². The van der Waals surface area contributed by atoms with Crippen LogP contribution in [-0.2, 0) is 16.9 Å². The predicted molar refractivity (Wildman–Crippen MR) is 72.3 cm³/mol. The first kappa shape index (κ1) is 13.1. The zero-order chi connectivity index (χ0) is 14.5. The number of rotatable bonds is 1. The number of aryl methyl sites for hydroxylation is 1. The molecule has 0 aromatic carbocycles. The maximum atomic E-state index is 12.1. The highest BCUT2D eigenvalue weighted by Gasteiger charge is 2.33. The average molecular weight is 298 g/mol. The first-order valence-corrected chi connectivity index (χ1v) is 8.02. The van der Waals surface area contributed by atoms with Crippen LogP contribution in [0, 0.1) is 0 Å². The van der Waals surface area contributed by atoms with E-state index in [-0.39, 0.29) is 22.7 Å². The monoisotopic (exact) mass is 298 g/mol. The first-order valence-electron chi connectivity index (χ1n) is 6.30. The third kappa shape index (κ3) is 1.89. The van der Waals surface area contributed by atoms with Crippen LogP contribution < -0.4 is 11.2 Å². The molecule has 1 aliphatic heterocycles. The molecule has 0 bridgehead atoms. The Bertz CT molecular complexity index is 889. The number of hydrogen-bond donors (Lipinski definition) is 2. The minimum Gasteiger partial charge on any atom is -0.335 e. The van der Waals surface area contributed by atoms with E-state index < -0.39 is 26.3 Å². The number of nitrogens with zero attached hydrogens (tertiary/aromatic N) is 2. The van der Waals surface area contributed by atoms with Gasteiger partial charge in [-0.05, 0) is 12.8 Å². The molecule has 8 nitrogen and oxygen atoms in total. The molecular weight excluding hydrogens is 284 g/mol. The highest BCUT2D eigenvalue weighted by Crippen LogP contribution is 2.32. The van der Waals surface area contributed by atoms with Gasteiger partial charge in [-0.3, -0.25) is 14.3 Å². The van der Waals surface area contributed by atoms with Crippen molar-refractivity contribution >= 4 is 21.0 Å². The van der Waals surface area contributed by atoms with Gasteiger partial charge in [0.25, 0.3) is 5.56 Å². The van der Waals surface area contributed by atoms with Crippen LogP contribution in [0.3, 0.4) is 0 Å². The van der Waals surface area contributed by atoms with Gasteiger partial charge in [0.15, 0.2) is 15.5 Å². The second kappa shape index (κ2) is 4.30. The van der Waals surface area contributed by atoms with Gasteiger partial charge in [0.1, 0.15) is 16.6 Å². The van der Waals surface area contributed by atoms with Crippen LogP contribution in [0.2, 0.25) is 0 Å². The van der Waals surface area contributed by atoms with Gasteiger partial charge in [-0.2, -0.15) is 0 Å². The number of aromatic amines is 2. The smallest absolute Gasteiger partial charge is 0.329 e. The molecule has 20 heavy (non-hydrogen) atoms. The second-order valence-electron chi connectivity index (χ2n) is 4.99. The third-order valence-corrected chi connectivity index (χ3v) is 5.84.